The Bertz CT molecular complexity index is 475. The van der Waals surface area contributed by atoms with Crippen molar-refractivity contribution < 1.29 is 38.8 Å². The molecule has 0 bridgehead atoms. The van der Waals surface area contributed by atoms with Crippen LogP contribution < -0.4 is 0 Å². The fraction of sp³-hybridized carbons (Fsp3) is 0.857. The minimum absolute atomic E-state index is 0.00469. The van der Waals surface area contributed by atoms with Crippen LogP contribution in [0.25, 0.3) is 0 Å². The molecule has 0 aromatic rings. The van der Waals surface area contributed by atoms with Gasteiger partial charge in [-0.05, 0) is 19.3 Å². The van der Waals surface area contributed by atoms with E-state index in [4.69, 9.17) is 14.2 Å². The van der Waals surface area contributed by atoms with E-state index in [0.717, 1.165) is 38.5 Å². The smallest absolute Gasteiger partial charge is 0.367 e. The van der Waals surface area contributed by atoms with Gasteiger partial charge in [-0.1, -0.05) is 59.3 Å². The zero-order valence-corrected chi connectivity index (χ0v) is 18.1. The van der Waals surface area contributed by atoms with E-state index < -0.39 is 36.0 Å². The van der Waals surface area contributed by atoms with Crippen molar-refractivity contribution in [3.8, 4) is 0 Å². The zero-order chi connectivity index (χ0) is 22.1. The van der Waals surface area contributed by atoms with E-state index >= 15 is 0 Å². The molecule has 8 heteroatoms. The summed E-state index contributed by atoms with van der Waals surface area (Å²) in [7, 11) is 0. The van der Waals surface area contributed by atoms with Crippen LogP contribution in [0.1, 0.15) is 85.0 Å². The number of rotatable bonds is 17. The average molecular weight is 419 g/mol. The third-order valence-corrected chi connectivity index (χ3v) is 4.43. The monoisotopic (exact) mass is 418 g/mol. The second-order valence-corrected chi connectivity index (χ2v) is 7.13. The standard InChI is InChI=1S/C21H38O8/c1-4-7-10-13-27-18(22)16-17(19(23)28-14-11-8-5-2)21(25,26)20(24)29-15-12-9-6-3/h17,25-26H,4-16H2,1-3H3. The number of aliphatic hydroxyl groups is 2. The van der Waals surface area contributed by atoms with E-state index in [0.29, 0.717) is 19.3 Å². The van der Waals surface area contributed by atoms with Crippen LogP contribution in [0.5, 0.6) is 0 Å². The molecule has 8 nitrogen and oxygen atoms in total. The van der Waals surface area contributed by atoms with Crippen LogP contribution >= 0.6 is 0 Å². The maximum absolute atomic E-state index is 12.4. The Kier molecular flexibility index (Phi) is 15.2. The molecule has 0 aromatic heterocycles. The van der Waals surface area contributed by atoms with Crippen LogP contribution in [0.2, 0.25) is 0 Å². The number of hydrogen-bond donors (Lipinski definition) is 2. The fourth-order valence-electron chi connectivity index (χ4n) is 2.54. The SMILES string of the molecule is CCCCCOC(=O)CC(C(=O)OCCCCC)C(O)(O)C(=O)OCCCCC. The Morgan fingerprint density at radius 1 is 0.724 bits per heavy atom. The average Bonchev–Trinajstić information content (AvgIpc) is 2.69. The van der Waals surface area contributed by atoms with Crippen molar-refractivity contribution in [2.45, 2.75) is 90.8 Å². The summed E-state index contributed by atoms with van der Waals surface area (Å²) < 4.78 is 15.0. The van der Waals surface area contributed by atoms with Crippen molar-refractivity contribution in [1.29, 1.82) is 0 Å². The molecule has 2 N–H and O–H groups in total. The lowest BCUT2D eigenvalue weighted by Crippen LogP contribution is -2.51. The van der Waals surface area contributed by atoms with Crippen LogP contribution in [0.4, 0.5) is 0 Å². The highest BCUT2D eigenvalue weighted by molar-refractivity contribution is 5.88. The molecular formula is C21H38O8. The molecule has 0 saturated carbocycles. The lowest BCUT2D eigenvalue weighted by atomic mass is 9.95. The number of esters is 3. The highest BCUT2D eigenvalue weighted by Crippen LogP contribution is 2.23. The van der Waals surface area contributed by atoms with Gasteiger partial charge < -0.3 is 24.4 Å². The molecule has 0 aliphatic carbocycles. The first-order valence-corrected chi connectivity index (χ1v) is 10.7. The van der Waals surface area contributed by atoms with E-state index in [1.54, 1.807) is 0 Å². The van der Waals surface area contributed by atoms with Gasteiger partial charge in [-0.15, -0.1) is 0 Å². The third-order valence-electron chi connectivity index (χ3n) is 4.43. The molecule has 0 heterocycles. The highest BCUT2D eigenvalue weighted by Gasteiger charge is 2.50. The molecule has 0 rings (SSSR count). The Hall–Kier alpha value is -1.67. The Balaban J connectivity index is 4.99. The van der Waals surface area contributed by atoms with Crippen LogP contribution in [-0.4, -0.2) is 53.7 Å². The lowest BCUT2D eigenvalue weighted by Gasteiger charge is -2.27. The van der Waals surface area contributed by atoms with Gasteiger partial charge in [0.05, 0.1) is 26.2 Å². The van der Waals surface area contributed by atoms with Crippen LogP contribution in [0.15, 0.2) is 0 Å². The van der Waals surface area contributed by atoms with Crippen molar-refractivity contribution in [2.75, 3.05) is 19.8 Å². The van der Waals surface area contributed by atoms with E-state index in [1.165, 1.54) is 0 Å². The number of ether oxygens (including phenoxy) is 3. The van der Waals surface area contributed by atoms with Gasteiger partial charge in [0.1, 0.15) is 5.92 Å². The fourth-order valence-corrected chi connectivity index (χ4v) is 2.54. The Morgan fingerprint density at radius 3 is 1.66 bits per heavy atom. The lowest BCUT2D eigenvalue weighted by molar-refractivity contribution is -0.233. The molecule has 0 spiro atoms. The van der Waals surface area contributed by atoms with Gasteiger partial charge >= 0.3 is 17.9 Å². The third kappa shape index (κ3) is 11.8. The molecule has 29 heavy (non-hydrogen) atoms. The van der Waals surface area contributed by atoms with Crippen molar-refractivity contribution in [2.24, 2.45) is 5.92 Å². The second kappa shape index (κ2) is 16.2. The number of unbranched alkanes of at least 4 members (excludes halogenated alkanes) is 6. The first-order valence-electron chi connectivity index (χ1n) is 10.7. The molecule has 1 unspecified atom stereocenters. The molecule has 0 aliphatic rings. The van der Waals surface area contributed by atoms with Crippen molar-refractivity contribution in [1.82, 2.24) is 0 Å². The first kappa shape index (κ1) is 27.3. The minimum atomic E-state index is -3.17. The van der Waals surface area contributed by atoms with Crippen LogP contribution in [0.3, 0.4) is 0 Å². The number of carbonyl (C=O) groups is 3. The highest BCUT2D eigenvalue weighted by atomic mass is 16.6. The van der Waals surface area contributed by atoms with Gasteiger partial charge in [0, 0.05) is 0 Å². The molecular weight excluding hydrogens is 380 g/mol. The predicted molar refractivity (Wildman–Crippen MR) is 107 cm³/mol. The maximum Gasteiger partial charge on any atom is 0.367 e. The summed E-state index contributed by atoms with van der Waals surface area (Å²) in [6.07, 6.45) is 6.43. The van der Waals surface area contributed by atoms with E-state index in [2.05, 4.69) is 0 Å². The molecule has 0 saturated heterocycles. The number of hydrogen-bond acceptors (Lipinski definition) is 8. The van der Waals surface area contributed by atoms with Gasteiger partial charge in [-0.25, -0.2) is 4.79 Å². The van der Waals surface area contributed by atoms with Gasteiger partial charge in [0.25, 0.3) is 5.79 Å². The quantitative estimate of drug-likeness (QED) is 0.160. The summed E-state index contributed by atoms with van der Waals surface area (Å²) in [6.45, 7) is 6.19. The normalized spacial score (nSPS) is 12.3. The molecule has 1 atom stereocenters. The summed E-state index contributed by atoms with van der Waals surface area (Å²) in [5.41, 5.74) is 0. The maximum atomic E-state index is 12.4. The summed E-state index contributed by atoms with van der Waals surface area (Å²) in [4.78, 5) is 36.6. The molecule has 0 radical (unpaired) electrons. The molecule has 0 fully saturated rings. The predicted octanol–water partition coefficient (Wildman–Crippen LogP) is 2.87. The largest absolute Gasteiger partial charge is 0.466 e. The Morgan fingerprint density at radius 2 is 1.17 bits per heavy atom. The second-order valence-electron chi connectivity index (χ2n) is 7.13. The zero-order valence-electron chi connectivity index (χ0n) is 18.1. The van der Waals surface area contributed by atoms with Gasteiger partial charge in [-0.2, -0.15) is 0 Å². The minimum Gasteiger partial charge on any atom is -0.466 e. The molecule has 0 aliphatic heterocycles. The summed E-state index contributed by atoms with van der Waals surface area (Å²) >= 11 is 0. The van der Waals surface area contributed by atoms with Crippen LogP contribution in [0, 0.1) is 5.92 Å². The van der Waals surface area contributed by atoms with E-state index in [1.807, 2.05) is 20.8 Å². The first-order chi connectivity index (χ1) is 13.8. The number of carbonyl (C=O) groups excluding carboxylic acids is 3. The van der Waals surface area contributed by atoms with Gasteiger partial charge in [-0.3, -0.25) is 9.59 Å². The van der Waals surface area contributed by atoms with E-state index in [9.17, 15) is 24.6 Å². The summed E-state index contributed by atoms with van der Waals surface area (Å²) in [5, 5.41) is 20.6. The van der Waals surface area contributed by atoms with Crippen molar-refractivity contribution in [3.05, 3.63) is 0 Å². The van der Waals surface area contributed by atoms with Crippen molar-refractivity contribution in [3.63, 3.8) is 0 Å². The molecule has 0 amide bonds. The van der Waals surface area contributed by atoms with Gasteiger partial charge in [0.15, 0.2) is 0 Å². The van der Waals surface area contributed by atoms with Crippen molar-refractivity contribution >= 4 is 17.9 Å². The van der Waals surface area contributed by atoms with Crippen LogP contribution in [-0.2, 0) is 28.6 Å². The van der Waals surface area contributed by atoms with E-state index in [-0.39, 0.29) is 19.8 Å². The molecule has 0 aromatic carbocycles. The molecule has 170 valence electrons. The van der Waals surface area contributed by atoms with Gasteiger partial charge in [0.2, 0.25) is 0 Å². The summed E-state index contributed by atoms with van der Waals surface area (Å²) in [5.74, 6) is -8.20. The topological polar surface area (TPSA) is 119 Å². The Labute approximate surface area is 173 Å². The summed E-state index contributed by atoms with van der Waals surface area (Å²) in [6, 6.07) is 0.